The van der Waals surface area contributed by atoms with Crippen LogP contribution in [0.25, 0.3) is 0 Å². The summed E-state index contributed by atoms with van der Waals surface area (Å²) in [5.41, 5.74) is 0. The third kappa shape index (κ3) is 2.52. The normalized spacial score (nSPS) is 15.1. The number of nitro groups is 1. The lowest BCUT2D eigenvalue weighted by Gasteiger charge is -2.02. The minimum Gasteiger partial charge on any atom is -0.473 e. The predicted octanol–water partition coefficient (Wildman–Crippen LogP) is -1.17. The Morgan fingerprint density at radius 2 is 1.82 bits per heavy atom. The van der Waals surface area contributed by atoms with E-state index in [0.29, 0.717) is 0 Å². The van der Waals surface area contributed by atoms with Gasteiger partial charge in [-0.1, -0.05) is 10.2 Å². The molecule has 0 aliphatic carbocycles. The number of nitrogens with two attached hydrogens (primary N) is 1. The van der Waals surface area contributed by atoms with Crippen molar-refractivity contribution < 1.29 is 14.8 Å². The second-order valence-electron chi connectivity index (χ2n) is 2.49. The van der Waals surface area contributed by atoms with Crippen LogP contribution >= 0.6 is 0 Å². The summed E-state index contributed by atoms with van der Waals surface area (Å²) in [5.74, 6) is 0.507. The van der Waals surface area contributed by atoms with Gasteiger partial charge in [0.05, 0.1) is 4.92 Å². The number of aromatic nitrogens is 3. The molecule has 0 fully saturated rings. The van der Waals surface area contributed by atoms with Gasteiger partial charge in [0.25, 0.3) is 0 Å². The van der Waals surface area contributed by atoms with Crippen LogP contribution in [-0.2, 0) is 4.79 Å². The Kier molecular flexibility index (Phi) is 3.33. The van der Waals surface area contributed by atoms with Gasteiger partial charge in [-0.25, -0.2) is 9.47 Å². The highest BCUT2D eigenvalue weighted by atomic mass is 16.6. The largest absolute Gasteiger partial charge is 0.545 e. The van der Waals surface area contributed by atoms with E-state index in [9.17, 15) is 14.9 Å². The molecule has 0 saturated heterocycles. The summed E-state index contributed by atoms with van der Waals surface area (Å²) in [6.07, 6.45) is 2.83. The summed E-state index contributed by atoms with van der Waals surface area (Å²) >= 11 is 0. The molecule has 1 aromatic heterocycles. The van der Waals surface area contributed by atoms with Crippen LogP contribution in [0.5, 0.6) is 0 Å². The summed E-state index contributed by atoms with van der Waals surface area (Å²) in [6, 6.07) is 0. The molecule has 13 heteroatoms. The smallest absolute Gasteiger partial charge is 0.473 e. The second-order valence-corrected chi connectivity index (χ2v) is 2.49. The van der Waals surface area contributed by atoms with Gasteiger partial charge in [0.15, 0.2) is 0 Å². The fourth-order valence-corrected chi connectivity index (χ4v) is 0.630. The molecule has 0 amide bonds. The lowest BCUT2D eigenvalue weighted by Crippen LogP contribution is -2.41. The Labute approximate surface area is 91.8 Å². The molecule has 1 aliphatic heterocycles. The van der Waals surface area contributed by atoms with Gasteiger partial charge < -0.3 is 10.9 Å². The molecule has 0 atom stereocenters. The fourth-order valence-electron chi connectivity index (χ4n) is 0.630. The zero-order valence-electron chi connectivity index (χ0n) is 7.98. The number of carboxylic acid groups (broad SMARTS) is 1. The highest BCUT2D eigenvalue weighted by Gasteiger charge is 2.56. The van der Waals surface area contributed by atoms with Crippen LogP contribution < -0.4 is 5.84 Å². The number of rotatable bonds is 2. The molecule has 0 saturated carbocycles. The van der Waals surface area contributed by atoms with Crippen LogP contribution in [0.2, 0.25) is 0 Å². The highest BCUT2D eigenvalue weighted by molar-refractivity contribution is 5.76. The minimum absolute atomic E-state index is 1.19. The first-order valence-corrected chi connectivity index (χ1v) is 3.80. The monoisotopic (exact) mass is 243 g/mol. The van der Waals surface area contributed by atoms with E-state index in [0.717, 1.165) is 0 Å². The van der Waals surface area contributed by atoms with E-state index < -0.39 is 16.7 Å². The first kappa shape index (κ1) is 12.1. The molecule has 1 aliphatic rings. The maximum Gasteiger partial charge on any atom is 0.545 e. The lowest BCUT2D eigenvalue weighted by molar-refractivity contribution is -0.551. The van der Waals surface area contributed by atoms with E-state index in [1.807, 2.05) is 0 Å². The average molecular weight is 243 g/mol. The van der Waals surface area contributed by atoms with Crippen LogP contribution in [0.15, 0.2) is 33.3 Å². The molecule has 0 radical (unpaired) electrons. The van der Waals surface area contributed by atoms with Crippen molar-refractivity contribution >= 4 is 5.97 Å². The Morgan fingerprint density at radius 1 is 1.35 bits per heavy atom. The van der Waals surface area contributed by atoms with Gasteiger partial charge in [0, 0.05) is 0 Å². The molecule has 1 aromatic rings. The molecule has 17 heavy (non-hydrogen) atoms. The Hall–Kier alpha value is -2.99. The molecule has 0 bridgehead atoms. The van der Waals surface area contributed by atoms with Crippen LogP contribution in [0.4, 0.5) is 0 Å². The highest BCUT2D eigenvalue weighted by Crippen LogP contribution is 2.20. The van der Waals surface area contributed by atoms with Gasteiger partial charge in [-0.05, 0) is 10.4 Å². The summed E-state index contributed by atoms with van der Waals surface area (Å²) in [4.78, 5) is 19.1. The van der Waals surface area contributed by atoms with Crippen LogP contribution in [0.1, 0.15) is 0 Å². The van der Waals surface area contributed by atoms with E-state index in [-0.39, 0.29) is 0 Å². The standard InChI is InChI=1S/C2HN5O4.C2H4N4/c8-1(9)2(7(10)11)3-5-6-4-2;3-6-1-4-5-2-6/h(H,8,9);1-2H,3H2. The van der Waals surface area contributed by atoms with Gasteiger partial charge in [0.1, 0.15) is 12.7 Å². The van der Waals surface area contributed by atoms with E-state index >= 15 is 0 Å². The number of hydrogen-bond acceptors (Lipinski definition) is 10. The zero-order chi connectivity index (χ0) is 12.9. The van der Waals surface area contributed by atoms with E-state index in [2.05, 4.69) is 30.9 Å². The number of hydrogen-bond donors (Lipinski definition) is 2. The molecular weight excluding hydrogens is 238 g/mol. The van der Waals surface area contributed by atoms with Crippen molar-refractivity contribution in [1.82, 2.24) is 14.9 Å². The number of aliphatic carboxylic acids is 1. The zero-order valence-corrected chi connectivity index (χ0v) is 7.98. The van der Waals surface area contributed by atoms with Crippen LogP contribution in [-0.4, -0.2) is 36.7 Å². The Morgan fingerprint density at radius 3 is 2.00 bits per heavy atom. The van der Waals surface area contributed by atoms with Crippen molar-refractivity contribution in [3.8, 4) is 0 Å². The molecular formula is C4H5N9O4. The summed E-state index contributed by atoms with van der Waals surface area (Å²) in [6.45, 7) is 0. The fraction of sp³-hybridized carbons (Fsp3) is 0.250. The van der Waals surface area contributed by atoms with Gasteiger partial charge in [0.2, 0.25) is 0 Å². The first-order valence-electron chi connectivity index (χ1n) is 3.80. The van der Waals surface area contributed by atoms with Crippen molar-refractivity contribution in [1.29, 1.82) is 0 Å². The maximum atomic E-state index is 10.2. The number of carboxylic acids is 1. The van der Waals surface area contributed by atoms with Gasteiger partial charge in [-0.3, -0.25) is 10.1 Å². The van der Waals surface area contributed by atoms with Crippen LogP contribution in [0, 0.1) is 10.1 Å². The summed E-state index contributed by atoms with van der Waals surface area (Å²) < 4.78 is 1.28. The van der Waals surface area contributed by atoms with E-state index in [1.165, 1.54) is 17.3 Å². The lowest BCUT2D eigenvalue weighted by atomic mass is 10.4. The van der Waals surface area contributed by atoms with Crippen molar-refractivity contribution in [2.45, 2.75) is 5.79 Å². The first-order chi connectivity index (χ1) is 7.99. The number of nitrogen functional groups attached to an aromatic ring is 1. The topological polar surface area (TPSA) is 187 Å². The molecule has 13 nitrogen and oxygen atoms in total. The number of nitrogens with zero attached hydrogens (tertiary/aromatic N) is 8. The van der Waals surface area contributed by atoms with Crippen molar-refractivity contribution in [3.05, 3.63) is 22.8 Å². The molecule has 2 heterocycles. The SMILES string of the molecule is Nn1cnnc1.O=C(O)C1([N+](=O)[O-])N=NN=N1. The van der Waals surface area contributed by atoms with Gasteiger partial charge in [-0.2, -0.15) is 0 Å². The number of carbonyl (C=O) groups is 1. The molecule has 2 rings (SSSR count). The minimum atomic E-state index is -2.75. The predicted molar refractivity (Wildman–Crippen MR) is 47.2 cm³/mol. The van der Waals surface area contributed by atoms with Crippen molar-refractivity contribution in [2.24, 2.45) is 20.7 Å². The molecule has 90 valence electrons. The molecule has 0 aromatic carbocycles. The van der Waals surface area contributed by atoms with Crippen LogP contribution in [0.3, 0.4) is 0 Å². The van der Waals surface area contributed by atoms with Crippen molar-refractivity contribution in [2.75, 3.05) is 5.84 Å². The van der Waals surface area contributed by atoms with E-state index in [4.69, 9.17) is 10.9 Å². The van der Waals surface area contributed by atoms with E-state index in [1.54, 1.807) is 0 Å². The summed E-state index contributed by atoms with van der Waals surface area (Å²) in [7, 11) is 0. The quantitative estimate of drug-likeness (QED) is 0.371. The third-order valence-electron chi connectivity index (χ3n) is 1.39. The second kappa shape index (κ2) is 4.69. The third-order valence-corrected chi connectivity index (χ3v) is 1.39. The summed E-state index contributed by atoms with van der Waals surface area (Å²) in [5, 5.41) is 36.2. The van der Waals surface area contributed by atoms with Gasteiger partial charge >= 0.3 is 11.8 Å². The molecule has 3 N–H and O–H groups in total. The molecule has 0 spiro atoms. The molecule has 0 unspecified atom stereocenters. The van der Waals surface area contributed by atoms with Crippen molar-refractivity contribution in [3.63, 3.8) is 0 Å². The maximum absolute atomic E-state index is 10.2. The van der Waals surface area contributed by atoms with Gasteiger partial charge in [-0.15, -0.1) is 10.2 Å². The Bertz CT molecular complexity index is 435. The average Bonchev–Trinajstić information content (AvgIpc) is 2.88. The Balaban J connectivity index is 0.000000202.